The lowest BCUT2D eigenvalue weighted by molar-refractivity contribution is 1.07. The van der Waals surface area contributed by atoms with Crippen LogP contribution in [0.5, 0.6) is 0 Å². The molecule has 0 bridgehead atoms. The molecule has 3 rings (SSSR count). The average Bonchev–Trinajstić information content (AvgIpc) is 3.17. The topological polar surface area (TPSA) is 49.8 Å². The van der Waals surface area contributed by atoms with Gasteiger partial charge in [-0.05, 0) is 69.6 Å². The Labute approximate surface area is 133 Å². The summed E-state index contributed by atoms with van der Waals surface area (Å²) >= 11 is 5.75. The standard InChI is InChI=1S/C13H12BrIN4/c14-11-7-16-13(19-12(11)17-9-4-5-9)18-10-3-1-2-8(15)6-10/h1-3,6-7,9H,4-5H2,(H2,16,17,18,19). The molecule has 4 nitrogen and oxygen atoms in total. The molecule has 1 aliphatic carbocycles. The molecular formula is C13H12BrIN4. The van der Waals surface area contributed by atoms with Gasteiger partial charge in [-0.15, -0.1) is 0 Å². The van der Waals surface area contributed by atoms with Crippen LogP contribution in [0.1, 0.15) is 12.8 Å². The highest BCUT2D eigenvalue weighted by Crippen LogP contribution is 2.28. The van der Waals surface area contributed by atoms with E-state index in [0.29, 0.717) is 12.0 Å². The molecule has 98 valence electrons. The molecule has 1 aliphatic rings. The van der Waals surface area contributed by atoms with E-state index < -0.39 is 0 Å². The third-order valence-electron chi connectivity index (χ3n) is 2.74. The quantitative estimate of drug-likeness (QED) is 0.715. The second-order valence-corrected chi connectivity index (χ2v) is 6.54. The lowest BCUT2D eigenvalue weighted by Crippen LogP contribution is -2.06. The largest absolute Gasteiger partial charge is 0.366 e. The molecule has 0 aliphatic heterocycles. The van der Waals surface area contributed by atoms with Crippen LogP contribution in [0.25, 0.3) is 0 Å². The van der Waals surface area contributed by atoms with E-state index in [2.05, 4.69) is 65.2 Å². The Morgan fingerprint density at radius 3 is 2.89 bits per heavy atom. The summed E-state index contributed by atoms with van der Waals surface area (Å²) in [7, 11) is 0. The van der Waals surface area contributed by atoms with Crippen molar-refractivity contribution in [3.8, 4) is 0 Å². The van der Waals surface area contributed by atoms with Crippen LogP contribution in [-0.2, 0) is 0 Å². The Balaban J connectivity index is 1.80. The molecule has 0 radical (unpaired) electrons. The SMILES string of the molecule is Brc1cnc(Nc2cccc(I)c2)nc1NC1CC1. The molecule has 2 N–H and O–H groups in total. The Bertz CT molecular complexity index is 601. The first-order valence-corrected chi connectivity index (χ1v) is 7.89. The van der Waals surface area contributed by atoms with Crippen molar-refractivity contribution in [2.75, 3.05) is 10.6 Å². The highest BCUT2D eigenvalue weighted by atomic mass is 127. The monoisotopic (exact) mass is 430 g/mol. The number of rotatable bonds is 4. The molecule has 19 heavy (non-hydrogen) atoms. The zero-order chi connectivity index (χ0) is 13.2. The number of hydrogen-bond donors (Lipinski definition) is 2. The maximum atomic E-state index is 4.49. The number of nitrogens with one attached hydrogen (secondary N) is 2. The van der Waals surface area contributed by atoms with E-state index in [1.54, 1.807) is 6.20 Å². The summed E-state index contributed by atoms with van der Waals surface area (Å²) in [4.78, 5) is 8.77. The van der Waals surface area contributed by atoms with Crippen molar-refractivity contribution in [3.63, 3.8) is 0 Å². The minimum absolute atomic E-state index is 0.566. The molecule has 2 aromatic rings. The summed E-state index contributed by atoms with van der Waals surface area (Å²) in [6.45, 7) is 0. The maximum Gasteiger partial charge on any atom is 0.229 e. The third-order valence-corrected chi connectivity index (χ3v) is 3.99. The molecular weight excluding hydrogens is 419 g/mol. The summed E-state index contributed by atoms with van der Waals surface area (Å²) in [6, 6.07) is 8.68. The van der Waals surface area contributed by atoms with E-state index >= 15 is 0 Å². The van der Waals surface area contributed by atoms with E-state index in [-0.39, 0.29) is 0 Å². The first-order valence-electron chi connectivity index (χ1n) is 6.02. The Morgan fingerprint density at radius 1 is 1.32 bits per heavy atom. The summed E-state index contributed by atoms with van der Waals surface area (Å²) in [5, 5.41) is 6.60. The van der Waals surface area contributed by atoms with E-state index in [9.17, 15) is 0 Å². The first kappa shape index (κ1) is 13.1. The fourth-order valence-electron chi connectivity index (χ4n) is 1.64. The van der Waals surface area contributed by atoms with Gasteiger partial charge in [0.2, 0.25) is 5.95 Å². The number of hydrogen-bond acceptors (Lipinski definition) is 4. The van der Waals surface area contributed by atoms with Crippen molar-refractivity contribution in [3.05, 3.63) is 38.5 Å². The molecule has 0 spiro atoms. The summed E-state index contributed by atoms with van der Waals surface area (Å²) in [6.07, 6.45) is 4.21. The van der Waals surface area contributed by atoms with Crippen molar-refractivity contribution < 1.29 is 0 Å². The van der Waals surface area contributed by atoms with Crippen molar-refractivity contribution >= 4 is 56.0 Å². The second-order valence-electron chi connectivity index (χ2n) is 4.44. The number of benzene rings is 1. The molecule has 1 fully saturated rings. The first-order chi connectivity index (χ1) is 9.20. The van der Waals surface area contributed by atoms with Gasteiger partial charge in [-0.25, -0.2) is 4.98 Å². The number of anilines is 3. The molecule has 0 atom stereocenters. The Kier molecular flexibility index (Phi) is 3.88. The van der Waals surface area contributed by atoms with Gasteiger partial charge in [-0.1, -0.05) is 6.07 Å². The smallest absolute Gasteiger partial charge is 0.229 e. The summed E-state index contributed by atoms with van der Waals surface area (Å²) < 4.78 is 2.07. The van der Waals surface area contributed by atoms with Crippen LogP contribution < -0.4 is 10.6 Å². The molecule has 1 aromatic carbocycles. The van der Waals surface area contributed by atoms with Crippen LogP contribution in [0.2, 0.25) is 0 Å². The van der Waals surface area contributed by atoms with Gasteiger partial charge in [0.25, 0.3) is 0 Å². The van der Waals surface area contributed by atoms with Crippen LogP contribution >= 0.6 is 38.5 Å². The minimum atomic E-state index is 0.566. The molecule has 1 heterocycles. The van der Waals surface area contributed by atoms with Gasteiger partial charge in [-0.2, -0.15) is 4.98 Å². The third kappa shape index (κ3) is 3.56. The predicted octanol–water partition coefficient (Wildman–Crippen LogP) is 4.16. The normalized spacial score (nSPS) is 14.2. The maximum absolute atomic E-state index is 4.49. The van der Waals surface area contributed by atoms with Crippen LogP contribution in [-0.4, -0.2) is 16.0 Å². The highest BCUT2D eigenvalue weighted by molar-refractivity contribution is 14.1. The summed E-state index contributed by atoms with van der Waals surface area (Å²) in [5.74, 6) is 1.46. The van der Waals surface area contributed by atoms with Crippen molar-refractivity contribution in [1.82, 2.24) is 9.97 Å². The van der Waals surface area contributed by atoms with Crippen molar-refractivity contribution in [2.24, 2.45) is 0 Å². The van der Waals surface area contributed by atoms with E-state index in [1.807, 2.05) is 18.2 Å². The number of halogens is 2. The van der Waals surface area contributed by atoms with Gasteiger partial charge in [0.1, 0.15) is 5.82 Å². The molecule has 0 amide bonds. The van der Waals surface area contributed by atoms with Crippen LogP contribution in [0, 0.1) is 3.57 Å². The fourth-order valence-corrected chi connectivity index (χ4v) is 2.49. The minimum Gasteiger partial charge on any atom is -0.366 e. The van der Waals surface area contributed by atoms with Gasteiger partial charge >= 0.3 is 0 Å². The van der Waals surface area contributed by atoms with Gasteiger partial charge in [0.05, 0.1) is 4.47 Å². The fraction of sp³-hybridized carbons (Fsp3) is 0.231. The van der Waals surface area contributed by atoms with Gasteiger partial charge in [-0.3, -0.25) is 0 Å². The molecule has 6 heteroatoms. The zero-order valence-corrected chi connectivity index (χ0v) is 13.8. The van der Waals surface area contributed by atoms with Crippen LogP contribution in [0.3, 0.4) is 0 Å². The Hall–Kier alpha value is -0.890. The Morgan fingerprint density at radius 2 is 2.16 bits per heavy atom. The van der Waals surface area contributed by atoms with E-state index in [0.717, 1.165) is 16.0 Å². The van der Waals surface area contributed by atoms with Crippen LogP contribution in [0.4, 0.5) is 17.5 Å². The predicted molar refractivity (Wildman–Crippen MR) is 88.8 cm³/mol. The molecule has 0 saturated heterocycles. The zero-order valence-electron chi connectivity index (χ0n) is 10.0. The highest BCUT2D eigenvalue weighted by Gasteiger charge is 2.22. The summed E-state index contributed by atoms with van der Waals surface area (Å²) in [5.41, 5.74) is 0.992. The lowest BCUT2D eigenvalue weighted by Gasteiger charge is -2.09. The van der Waals surface area contributed by atoms with Gasteiger partial charge in [0.15, 0.2) is 0 Å². The van der Waals surface area contributed by atoms with E-state index in [4.69, 9.17) is 0 Å². The van der Waals surface area contributed by atoms with Crippen molar-refractivity contribution in [1.29, 1.82) is 0 Å². The molecule has 1 aromatic heterocycles. The van der Waals surface area contributed by atoms with Crippen LogP contribution in [0.15, 0.2) is 34.9 Å². The van der Waals surface area contributed by atoms with Gasteiger partial charge < -0.3 is 10.6 Å². The lowest BCUT2D eigenvalue weighted by atomic mass is 10.3. The van der Waals surface area contributed by atoms with Gasteiger partial charge in [0, 0.05) is 21.5 Å². The molecule has 0 unspecified atom stereocenters. The molecule has 1 saturated carbocycles. The second kappa shape index (κ2) is 5.62. The number of aromatic nitrogens is 2. The van der Waals surface area contributed by atoms with E-state index in [1.165, 1.54) is 16.4 Å². The van der Waals surface area contributed by atoms with Crippen molar-refractivity contribution in [2.45, 2.75) is 18.9 Å². The number of nitrogens with zero attached hydrogens (tertiary/aromatic N) is 2. The average molecular weight is 431 g/mol.